The lowest BCUT2D eigenvalue weighted by molar-refractivity contribution is -0.140. The number of hydrogen-bond donors (Lipinski definition) is 0. The van der Waals surface area contributed by atoms with Gasteiger partial charge in [-0.15, -0.1) is 0 Å². The van der Waals surface area contributed by atoms with E-state index in [0.717, 1.165) is 18.4 Å². The van der Waals surface area contributed by atoms with Gasteiger partial charge in [-0.05, 0) is 23.5 Å². The van der Waals surface area contributed by atoms with Crippen LogP contribution in [0, 0.1) is 5.92 Å². The summed E-state index contributed by atoms with van der Waals surface area (Å²) in [7, 11) is 0. The summed E-state index contributed by atoms with van der Waals surface area (Å²) in [6.45, 7) is 2.11. The zero-order valence-corrected chi connectivity index (χ0v) is 10.3. The van der Waals surface area contributed by atoms with Gasteiger partial charge >= 0.3 is 0 Å². The summed E-state index contributed by atoms with van der Waals surface area (Å²) in [5.41, 5.74) is 2.40. The van der Waals surface area contributed by atoms with Crippen LogP contribution in [-0.2, 0) is 16.0 Å². The van der Waals surface area contributed by atoms with Crippen molar-refractivity contribution in [3.63, 3.8) is 0 Å². The number of benzene rings is 1. The molecular weight excluding hydrogens is 226 g/mol. The van der Waals surface area contributed by atoms with Crippen molar-refractivity contribution in [2.45, 2.75) is 25.8 Å². The molecule has 0 saturated heterocycles. The van der Waals surface area contributed by atoms with Crippen LogP contribution >= 0.6 is 0 Å². The minimum atomic E-state index is -0.180. The summed E-state index contributed by atoms with van der Waals surface area (Å²) in [6.07, 6.45) is 4.66. The maximum Gasteiger partial charge on any atom is 0.254 e. The normalized spacial score (nSPS) is 25.9. The highest BCUT2D eigenvalue weighted by atomic mass is 16.2. The fourth-order valence-corrected chi connectivity index (χ4v) is 3.06. The standard InChI is InChI=1S/C15H15NO2/c1-2-10-9-11-5-3-4-6-12(11)15(10)16-13(17)7-8-14(16)18/h3-8,10,15H,2,9H2,1H3/t10-,15-/m0/s1. The zero-order valence-electron chi connectivity index (χ0n) is 10.3. The topological polar surface area (TPSA) is 37.4 Å². The molecule has 2 atom stereocenters. The summed E-state index contributed by atoms with van der Waals surface area (Å²) in [6, 6.07) is 8.04. The van der Waals surface area contributed by atoms with Gasteiger partial charge in [0.15, 0.2) is 0 Å². The molecule has 0 N–H and O–H groups in total. The van der Waals surface area contributed by atoms with Gasteiger partial charge in [-0.3, -0.25) is 14.5 Å². The minimum absolute atomic E-state index is 0.0822. The van der Waals surface area contributed by atoms with Crippen LogP contribution in [-0.4, -0.2) is 16.7 Å². The van der Waals surface area contributed by atoms with Gasteiger partial charge in [0, 0.05) is 12.2 Å². The van der Waals surface area contributed by atoms with E-state index < -0.39 is 0 Å². The van der Waals surface area contributed by atoms with Crippen LogP contribution < -0.4 is 0 Å². The molecule has 0 spiro atoms. The first-order chi connectivity index (χ1) is 8.72. The fraction of sp³-hybridized carbons (Fsp3) is 0.333. The number of nitrogens with zero attached hydrogens (tertiary/aromatic N) is 1. The zero-order chi connectivity index (χ0) is 12.7. The van der Waals surface area contributed by atoms with Crippen molar-refractivity contribution < 1.29 is 9.59 Å². The van der Waals surface area contributed by atoms with E-state index in [1.165, 1.54) is 22.6 Å². The molecule has 2 amide bonds. The van der Waals surface area contributed by atoms with Crippen LogP contribution in [0.4, 0.5) is 0 Å². The second-order valence-corrected chi connectivity index (χ2v) is 4.90. The van der Waals surface area contributed by atoms with Crippen molar-refractivity contribution in [3.05, 3.63) is 47.5 Å². The molecule has 3 rings (SSSR count). The fourth-order valence-electron chi connectivity index (χ4n) is 3.06. The second kappa shape index (κ2) is 4.09. The van der Waals surface area contributed by atoms with Crippen molar-refractivity contribution >= 4 is 11.8 Å². The molecule has 92 valence electrons. The lowest BCUT2D eigenvalue weighted by atomic mass is 9.96. The molecule has 0 fully saturated rings. The predicted octanol–water partition coefficient (Wildman–Crippen LogP) is 2.24. The lowest BCUT2D eigenvalue weighted by Crippen LogP contribution is -2.36. The minimum Gasteiger partial charge on any atom is -0.269 e. The van der Waals surface area contributed by atoms with Crippen LogP contribution in [0.25, 0.3) is 0 Å². The molecule has 2 aliphatic rings. The van der Waals surface area contributed by atoms with Gasteiger partial charge in [-0.1, -0.05) is 37.6 Å². The van der Waals surface area contributed by atoms with E-state index in [1.807, 2.05) is 18.2 Å². The Bertz CT molecular complexity index is 529. The van der Waals surface area contributed by atoms with Crippen LogP contribution in [0.2, 0.25) is 0 Å². The van der Waals surface area contributed by atoms with Gasteiger partial charge in [0.1, 0.15) is 0 Å². The Morgan fingerprint density at radius 1 is 1.17 bits per heavy atom. The van der Waals surface area contributed by atoms with Crippen molar-refractivity contribution in [1.29, 1.82) is 0 Å². The highest BCUT2D eigenvalue weighted by molar-refractivity contribution is 6.13. The first-order valence-corrected chi connectivity index (χ1v) is 6.35. The average molecular weight is 241 g/mol. The molecule has 0 unspecified atom stereocenters. The molecule has 18 heavy (non-hydrogen) atoms. The molecule has 1 aromatic carbocycles. The summed E-state index contributed by atoms with van der Waals surface area (Å²) < 4.78 is 0. The Morgan fingerprint density at radius 3 is 2.50 bits per heavy atom. The molecule has 0 bridgehead atoms. The third-order valence-electron chi connectivity index (χ3n) is 3.95. The number of hydrogen-bond acceptors (Lipinski definition) is 2. The van der Waals surface area contributed by atoms with Crippen molar-refractivity contribution in [2.75, 3.05) is 0 Å². The molecule has 1 aromatic rings. The largest absolute Gasteiger partial charge is 0.269 e. The summed E-state index contributed by atoms with van der Waals surface area (Å²) >= 11 is 0. The highest BCUT2D eigenvalue weighted by Crippen LogP contribution is 2.42. The van der Waals surface area contributed by atoms with E-state index in [4.69, 9.17) is 0 Å². The van der Waals surface area contributed by atoms with Crippen LogP contribution in [0.15, 0.2) is 36.4 Å². The van der Waals surface area contributed by atoms with Gasteiger partial charge in [0.05, 0.1) is 6.04 Å². The number of imide groups is 1. The first kappa shape index (κ1) is 11.2. The van der Waals surface area contributed by atoms with Crippen molar-refractivity contribution in [3.8, 4) is 0 Å². The first-order valence-electron chi connectivity index (χ1n) is 6.35. The van der Waals surface area contributed by atoms with Crippen LogP contribution in [0.5, 0.6) is 0 Å². The molecule has 0 saturated carbocycles. The van der Waals surface area contributed by atoms with E-state index in [2.05, 4.69) is 13.0 Å². The van der Waals surface area contributed by atoms with Crippen molar-refractivity contribution in [1.82, 2.24) is 4.90 Å². The molecule has 1 aliphatic carbocycles. The van der Waals surface area contributed by atoms with E-state index >= 15 is 0 Å². The van der Waals surface area contributed by atoms with E-state index in [-0.39, 0.29) is 17.9 Å². The van der Waals surface area contributed by atoms with Crippen LogP contribution in [0.1, 0.15) is 30.5 Å². The maximum absolute atomic E-state index is 11.9. The molecule has 3 nitrogen and oxygen atoms in total. The van der Waals surface area contributed by atoms with E-state index in [0.29, 0.717) is 5.92 Å². The summed E-state index contributed by atoms with van der Waals surface area (Å²) in [4.78, 5) is 25.1. The molecule has 0 radical (unpaired) electrons. The maximum atomic E-state index is 11.9. The number of amides is 2. The van der Waals surface area contributed by atoms with E-state index in [9.17, 15) is 9.59 Å². The third-order valence-corrected chi connectivity index (χ3v) is 3.95. The molecular formula is C15H15NO2. The third kappa shape index (κ3) is 1.50. The number of carbonyl (C=O) groups is 2. The number of carbonyl (C=O) groups excluding carboxylic acids is 2. The molecule has 1 heterocycles. The monoisotopic (exact) mass is 241 g/mol. The van der Waals surface area contributed by atoms with E-state index in [1.54, 1.807) is 0 Å². The Labute approximate surface area is 106 Å². The Kier molecular flexibility index (Phi) is 2.54. The molecule has 0 aromatic heterocycles. The van der Waals surface area contributed by atoms with Crippen molar-refractivity contribution in [2.24, 2.45) is 5.92 Å². The number of rotatable bonds is 2. The Morgan fingerprint density at radius 2 is 1.83 bits per heavy atom. The SMILES string of the molecule is CC[C@H]1Cc2ccccc2[C@H]1N1C(=O)C=CC1=O. The predicted molar refractivity (Wildman–Crippen MR) is 67.7 cm³/mol. The van der Waals surface area contributed by atoms with Gasteiger partial charge in [-0.25, -0.2) is 0 Å². The Hall–Kier alpha value is -1.90. The number of fused-ring (bicyclic) bond motifs is 1. The van der Waals surface area contributed by atoms with Gasteiger partial charge in [0.25, 0.3) is 11.8 Å². The molecule has 3 heteroatoms. The molecule has 1 aliphatic heterocycles. The quantitative estimate of drug-likeness (QED) is 0.745. The smallest absolute Gasteiger partial charge is 0.254 e. The second-order valence-electron chi connectivity index (χ2n) is 4.90. The average Bonchev–Trinajstić information content (AvgIpc) is 2.90. The van der Waals surface area contributed by atoms with Gasteiger partial charge in [-0.2, -0.15) is 0 Å². The Balaban J connectivity index is 2.04. The van der Waals surface area contributed by atoms with Gasteiger partial charge < -0.3 is 0 Å². The summed E-state index contributed by atoms with van der Waals surface area (Å²) in [5, 5.41) is 0. The summed E-state index contributed by atoms with van der Waals surface area (Å²) in [5.74, 6) is -0.0180. The lowest BCUT2D eigenvalue weighted by Gasteiger charge is -2.28. The highest BCUT2D eigenvalue weighted by Gasteiger charge is 2.41. The van der Waals surface area contributed by atoms with Gasteiger partial charge in [0.2, 0.25) is 0 Å². The van der Waals surface area contributed by atoms with Crippen LogP contribution in [0.3, 0.4) is 0 Å².